The Morgan fingerprint density at radius 3 is 2.63 bits per heavy atom. The van der Waals surface area contributed by atoms with E-state index in [1.54, 1.807) is 0 Å². The molecule has 5 saturated carbocycles. The normalized spacial score (nSPS) is 66.3. The summed E-state index contributed by atoms with van der Waals surface area (Å²) in [5, 5.41) is 45.2. The molecule has 6 rings (SSSR count). The van der Waals surface area contributed by atoms with Crippen LogP contribution in [-0.2, 0) is 0 Å². The minimum atomic E-state index is -0.887. The number of likely N-dealkylation sites (tertiary alicyclic amines) is 1. The zero-order valence-electron chi connectivity index (χ0n) is 16.4. The van der Waals surface area contributed by atoms with Crippen LogP contribution < -0.4 is 0 Å². The Balaban J connectivity index is 1.63. The lowest BCUT2D eigenvalue weighted by Gasteiger charge is -2.66. The summed E-state index contributed by atoms with van der Waals surface area (Å²) >= 11 is 0. The van der Waals surface area contributed by atoms with Gasteiger partial charge in [0.2, 0.25) is 0 Å². The molecule has 0 aromatic carbocycles. The molecule has 1 saturated heterocycles. The molecule has 0 aromatic rings. The molecule has 12 atom stereocenters. The Hall–Kier alpha value is -0.460. The Kier molecular flexibility index (Phi) is 3.10. The number of rotatable bonds is 1. The molecule has 4 N–H and O–H groups in total. The van der Waals surface area contributed by atoms with E-state index in [0.717, 1.165) is 32.4 Å². The molecular formula is C22H33NO4. The van der Waals surface area contributed by atoms with Gasteiger partial charge in [-0.05, 0) is 55.1 Å². The number of nitrogens with zero attached hydrogens (tertiary/aromatic N) is 1. The summed E-state index contributed by atoms with van der Waals surface area (Å²) in [6.45, 7) is 10.7. The molecule has 0 aromatic heterocycles. The van der Waals surface area contributed by atoms with Crippen LogP contribution in [0.25, 0.3) is 0 Å². The van der Waals surface area contributed by atoms with Gasteiger partial charge < -0.3 is 20.4 Å². The molecule has 1 unspecified atom stereocenters. The zero-order chi connectivity index (χ0) is 19.1. The highest BCUT2D eigenvalue weighted by atomic mass is 16.3. The van der Waals surface area contributed by atoms with E-state index in [0.29, 0.717) is 17.9 Å². The van der Waals surface area contributed by atoms with Gasteiger partial charge in [-0.25, -0.2) is 0 Å². The molecule has 7 bridgehead atoms. The highest BCUT2D eigenvalue weighted by Crippen LogP contribution is 2.83. The summed E-state index contributed by atoms with van der Waals surface area (Å²) in [7, 11) is 0. The first-order valence-electron chi connectivity index (χ1n) is 10.9. The van der Waals surface area contributed by atoms with Crippen molar-refractivity contribution in [3.8, 4) is 0 Å². The van der Waals surface area contributed by atoms with Gasteiger partial charge in [0.1, 0.15) is 0 Å². The average Bonchev–Trinajstić information content (AvgIpc) is 3.17. The smallest absolute Gasteiger partial charge is 0.0868 e. The van der Waals surface area contributed by atoms with Crippen molar-refractivity contribution in [3.63, 3.8) is 0 Å². The molecule has 1 aliphatic heterocycles. The van der Waals surface area contributed by atoms with Crippen LogP contribution in [-0.4, -0.2) is 68.9 Å². The number of hydrogen-bond donors (Lipinski definition) is 4. The fourth-order valence-electron chi connectivity index (χ4n) is 10.0. The lowest BCUT2D eigenvalue weighted by Crippen LogP contribution is -2.70. The van der Waals surface area contributed by atoms with Gasteiger partial charge in [0.25, 0.3) is 0 Å². The molecule has 5 aliphatic carbocycles. The standard InChI is InChI=1S/C22H33NO4/c1-4-23-9-20(3)6-5-14(24)22-13(20)7-12(18(22)23)21-8-11(10(2)19(21)27)15(25)16(26)17(21)22/h11-19,24-27H,2,4-9H2,1,3H3/t11-,12+,13-,14+,15-,16+,17-,18?,19-,20+,21+,22-/m1/s1. The predicted molar refractivity (Wildman–Crippen MR) is 99.6 cm³/mol. The number of hydrogen-bond acceptors (Lipinski definition) is 5. The van der Waals surface area contributed by atoms with E-state index in [-0.39, 0.29) is 29.2 Å². The van der Waals surface area contributed by atoms with Crippen LogP contribution in [0.2, 0.25) is 0 Å². The van der Waals surface area contributed by atoms with Crippen LogP contribution in [0, 0.1) is 39.9 Å². The summed E-state index contributed by atoms with van der Waals surface area (Å²) in [5.74, 6) is 0.162. The molecular weight excluding hydrogens is 342 g/mol. The summed E-state index contributed by atoms with van der Waals surface area (Å²) in [6.07, 6.45) is 0.626. The van der Waals surface area contributed by atoms with Crippen LogP contribution in [0.3, 0.4) is 0 Å². The molecule has 6 aliphatic rings. The lowest BCUT2D eigenvalue weighted by atomic mass is 9.43. The highest BCUT2D eigenvalue weighted by Gasteiger charge is 2.86. The van der Waals surface area contributed by atoms with E-state index in [2.05, 4.69) is 25.3 Å². The molecule has 5 nitrogen and oxygen atoms in total. The third kappa shape index (κ3) is 1.49. The summed E-state index contributed by atoms with van der Waals surface area (Å²) in [6, 6.07) is 0.196. The maximum absolute atomic E-state index is 11.5. The minimum Gasteiger partial charge on any atom is -0.392 e. The molecule has 150 valence electrons. The monoisotopic (exact) mass is 375 g/mol. The zero-order valence-corrected chi connectivity index (χ0v) is 16.4. The summed E-state index contributed by atoms with van der Waals surface area (Å²) in [5.41, 5.74) is 0.00434. The van der Waals surface area contributed by atoms with Crippen LogP contribution in [0.1, 0.15) is 39.5 Å². The number of aliphatic hydroxyl groups is 4. The van der Waals surface area contributed by atoms with Gasteiger partial charge in [0.15, 0.2) is 0 Å². The summed E-state index contributed by atoms with van der Waals surface area (Å²) in [4.78, 5) is 2.55. The predicted octanol–water partition coefficient (Wildman–Crippen LogP) is 0.763. The van der Waals surface area contributed by atoms with Crippen molar-refractivity contribution in [2.45, 2.75) is 70.0 Å². The molecule has 0 radical (unpaired) electrons. The second-order valence-corrected chi connectivity index (χ2v) is 11.0. The van der Waals surface area contributed by atoms with Crippen molar-refractivity contribution in [2.75, 3.05) is 13.1 Å². The number of piperidine rings is 1. The maximum Gasteiger partial charge on any atom is 0.0868 e. The largest absolute Gasteiger partial charge is 0.392 e. The molecule has 5 heteroatoms. The maximum atomic E-state index is 11.5. The first kappa shape index (κ1) is 17.4. The van der Waals surface area contributed by atoms with E-state index >= 15 is 0 Å². The second-order valence-electron chi connectivity index (χ2n) is 11.0. The van der Waals surface area contributed by atoms with Gasteiger partial charge in [-0.15, -0.1) is 0 Å². The first-order chi connectivity index (χ1) is 12.7. The van der Waals surface area contributed by atoms with Crippen LogP contribution in [0.5, 0.6) is 0 Å². The third-order valence-electron chi connectivity index (χ3n) is 10.6. The fraction of sp³-hybridized carbons (Fsp3) is 0.909. The van der Waals surface area contributed by atoms with Crippen LogP contribution in [0.4, 0.5) is 0 Å². The number of aliphatic hydroxyl groups excluding tert-OH is 4. The lowest BCUT2D eigenvalue weighted by molar-refractivity contribution is -0.247. The molecule has 2 spiro atoms. The second kappa shape index (κ2) is 4.81. The van der Waals surface area contributed by atoms with Gasteiger partial charge in [0.05, 0.1) is 24.4 Å². The van der Waals surface area contributed by atoms with Gasteiger partial charge in [-0.2, -0.15) is 0 Å². The molecule has 27 heavy (non-hydrogen) atoms. The van der Waals surface area contributed by atoms with Gasteiger partial charge >= 0.3 is 0 Å². The number of fused-ring (bicyclic) bond motifs is 1. The van der Waals surface area contributed by atoms with Gasteiger partial charge in [0, 0.05) is 35.3 Å². The van der Waals surface area contributed by atoms with E-state index in [1.807, 2.05) is 0 Å². The SMILES string of the molecule is C=C1[C@H]2C[C@@]3([C@@H]1O)[C@@H]([C@@H](O)[C@@H]2O)[C@@]12C4[C@@H]3C[C@@H]1[C@@](C)(CC[C@@H]2O)CN4CC. The minimum absolute atomic E-state index is 0.143. The highest BCUT2D eigenvalue weighted by molar-refractivity contribution is 5.40. The Labute approximate surface area is 161 Å². The molecule has 1 heterocycles. The third-order valence-corrected chi connectivity index (χ3v) is 10.6. The van der Waals surface area contributed by atoms with E-state index in [4.69, 9.17) is 0 Å². The van der Waals surface area contributed by atoms with Crippen molar-refractivity contribution in [1.29, 1.82) is 0 Å². The first-order valence-corrected chi connectivity index (χ1v) is 10.9. The van der Waals surface area contributed by atoms with E-state index in [1.165, 1.54) is 0 Å². The topological polar surface area (TPSA) is 84.2 Å². The molecule has 0 amide bonds. The Bertz CT molecular complexity index is 727. The van der Waals surface area contributed by atoms with Crippen molar-refractivity contribution >= 4 is 0 Å². The van der Waals surface area contributed by atoms with Crippen molar-refractivity contribution in [1.82, 2.24) is 4.90 Å². The van der Waals surface area contributed by atoms with Gasteiger partial charge in [-0.3, -0.25) is 4.90 Å². The van der Waals surface area contributed by atoms with E-state index in [9.17, 15) is 20.4 Å². The Morgan fingerprint density at radius 2 is 1.93 bits per heavy atom. The fourth-order valence-corrected chi connectivity index (χ4v) is 10.0. The van der Waals surface area contributed by atoms with Crippen molar-refractivity contribution < 1.29 is 20.4 Å². The molecule has 6 fully saturated rings. The Morgan fingerprint density at radius 1 is 1.19 bits per heavy atom. The van der Waals surface area contributed by atoms with Gasteiger partial charge in [-0.1, -0.05) is 20.4 Å². The summed E-state index contributed by atoms with van der Waals surface area (Å²) < 4.78 is 0. The van der Waals surface area contributed by atoms with Crippen molar-refractivity contribution in [2.24, 2.45) is 39.9 Å². The van der Waals surface area contributed by atoms with Crippen LogP contribution >= 0.6 is 0 Å². The quantitative estimate of drug-likeness (QED) is 0.509. The van der Waals surface area contributed by atoms with Crippen LogP contribution in [0.15, 0.2) is 12.2 Å². The van der Waals surface area contributed by atoms with E-state index < -0.39 is 35.2 Å². The van der Waals surface area contributed by atoms with Crippen molar-refractivity contribution in [3.05, 3.63) is 12.2 Å². The average molecular weight is 376 g/mol.